The maximum Gasteiger partial charge on any atom is 0.128 e. The van der Waals surface area contributed by atoms with Crippen molar-refractivity contribution in [3.05, 3.63) is 50.6 Å². The minimum absolute atomic E-state index is 0.257. The highest BCUT2D eigenvalue weighted by atomic mass is 79.9. The second-order valence-corrected chi connectivity index (χ2v) is 5.44. The van der Waals surface area contributed by atoms with Gasteiger partial charge in [-0.25, -0.2) is 4.39 Å². The first-order valence-corrected chi connectivity index (χ1v) is 6.66. The van der Waals surface area contributed by atoms with E-state index in [0.29, 0.717) is 12.0 Å². The molecule has 0 radical (unpaired) electrons. The highest BCUT2D eigenvalue weighted by Gasteiger charge is 2.16. The first-order valence-electron chi connectivity index (χ1n) is 4.99. The predicted molar refractivity (Wildman–Crippen MR) is 70.0 cm³/mol. The molecule has 1 atom stereocenters. The number of nitrogens with two attached hydrogens (primary N) is 1. The average molecular weight is 316 g/mol. The predicted octanol–water partition coefficient (Wildman–Crippen LogP) is 2.79. The lowest BCUT2D eigenvalue weighted by atomic mass is 10.0. The molecule has 0 amide bonds. The van der Waals surface area contributed by atoms with E-state index in [9.17, 15) is 4.39 Å². The van der Waals surface area contributed by atoms with Gasteiger partial charge in [0, 0.05) is 27.5 Å². The van der Waals surface area contributed by atoms with Crippen molar-refractivity contribution in [1.82, 2.24) is 10.4 Å². The van der Waals surface area contributed by atoms with Gasteiger partial charge in [0.15, 0.2) is 0 Å². The molecule has 17 heavy (non-hydrogen) atoms. The smallest absolute Gasteiger partial charge is 0.128 e. The summed E-state index contributed by atoms with van der Waals surface area (Å²) in [5.41, 5.74) is 4.94. The van der Waals surface area contributed by atoms with E-state index < -0.39 is 0 Å². The van der Waals surface area contributed by atoms with Crippen molar-refractivity contribution in [1.29, 1.82) is 0 Å². The van der Waals surface area contributed by atoms with Crippen molar-refractivity contribution in [3.8, 4) is 0 Å². The standard InChI is InChI=1S/C11H11BrFN3S/c12-7-1-2-10(13)9(3-7)11(16-14)4-8-5-15-6-17-8/h1-3,5-6,11,16H,4,14H2. The molecule has 6 heteroatoms. The van der Waals surface area contributed by atoms with Crippen molar-refractivity contribution in [2.24, 2.45) is 5.84 Å². The largest absolute Gasteiger partial charge is 0.271 e. The number of hydrogen-bond acceptors (Lipinski definition) is 4. The van der Waals surface area contributed by atoms with E-state index in [1.807, 2.05) is 0 Å². The summed E-state index contributed by atoms with van der Waals surface area (Å²) in [6, 6.07) is 4.57. The molecular weight excluding hydrogens is 305 g/mol. The Morgan fingerprint density at radius 1 is 1.53 bits per heavy atom. The number of benzene rings is 1. The Kier molecular flexibility index (Phi) is 4.22. The molecule has 0 aliphatic heterocycles. The van der Waals surface area contributed by atoms with Gasteiger partial charge >= 0.3 is 0 Å². The summed E-state index contributed by atoms with van der Waals surface area (Å²) in [7, 11) is 0. The Morgan fingerprint density at radius 3 is 3.00 bits per heavy atom. The molecule has 0 saturated heterocycles. The summed E-state index contributed by atoms with van der Waals surface area (Å²) >= 11 is 4.86. The maximum absolute atomic E-state index is 13.7. The lowest BCUT2D eigenvalue weighted by molar-refractivity contribution is 0.512. The molecule has 90 valence electrons. The van der Waals surface area contributed by atoms with Gasteiger partial charge in [-0.05, 0) is 18.2 Å². The summed E-state index contributed by atoms with van der Waals surface area (Å²) in [4.78, 5) is 5.05. The normalized spacial score (nSPS) is 12.6. The molecule has 0 aliphatic carbocycles. The van der Waals surface area contributed by atoms with Gasteiger partial charge in [-0.2, -0.15) is 0 Å². The number of thiazole rings is 1. The lowest BCUT2D eigenvalue weighted by Crippen LogP contribution is -2.30. The van der Waals surface area contributed by atoms with Crippen LogP contribution in [0.5, 0.6) is 0 Å². The van der Waals surface area contributed by atoms with Gasteiger partial charge in [-0.1, -0.05) is 15.9 Å². The molecular formula is C11H11BrFN3S. The van der Waals surface area contributed by atoms with Gasteiger partial charge in [0.05, 0.1) is 11.6 Å². The van der Waals surface area contributed by atoms with Crippen molar-refractivity contribution in [2.75, 3.05) is 0 Å². The molecule has 0 aliphatic rings. The van der Waals surface area contributed by atoms with Crippen LogP contribution in [-0.2, 0) is 6.42 Å². The fraction of sp³-hybridized carbons (Fsp3) is 0.182. The minimum Gasteiger partial charge on any atom is -0.271 e. The number of halogens is 2. The Labute approximate surface area is 111 Å². The number of aromatic nitrogens is 1. The number of rotatable bonds is 4. The zero-order chi connectivity index (χ0) is 12.3. The van der Waals surface area contributed by atoms with Crippen LogP contribution in [0.25, 0.3) is 0 Å². The maximum atomic E-state index is 13.7. The lowest BCUT2D eigenvalue weighted by Gasteiger charge is -2.16. The molecule has 1 aromatic carbocycles. The van der Waals surface area contributed by atoms with Crippen LogP contribution in [0.2, 0.25) is 0 Å². The summed E-state index contributed by atoms with van der Waals surface area (Å²) in [5, 5.41) is 0. The van der Waals surface area contributed by atoms with Crippen molar-refractivity contribution < 1.29 is 4.39 Å². The molecule has 3 N–H and O–H groups in total. The van der Waals surface area contributed by atoms with Gasteiger partial charge in [-0.3, -0.25) is 16.3 Å². The third-order valence-electron chi connectivity index (χ3n) is 2.42. The van der Waals surface area contributed by atoms with Crippen LogP contribution in [0.1, 0.15) is 16.5 Å². The number of hydrogen-bond donors (Lipinski definition) is 2. The molecule has 1 aromatic heterocycles. The molecule has 0 fully saturated rings. The zero-order valence-corrected chi connectivity index (χ0v) is 11.3. The molecule has 2 aromatic rings. The van der Waals surface area contributed by atoms with Crippen LogP contribution in [0.3, 0.4) is 0 Å². The van der Waals surface area contributed by atoms with Crippen LogP contribution in [0.15, 0.2) is 34.4 Å². The number of nitrogens with one attached hydrogen (secondary N) is 1. The second-order valence-electron chi connectivity index (χ2n) is 3.56. The van der Waals surface area contributed by atoms with E-state index in [0.717, 1.165) is 9.35 Å². The monoisotopic (exact) mass is 315 g/mol. The summed E-state index contributed by atoms with van der Waals surface area (Å²) in [5.74, 6) is 5.23. The third-order valence-corrected chi connectivity index (χ3v) is 3.72. The van der Waals surface area contributed by atoms with Crippen molar-refractivity contribution in [3.63, 3.8) is 0 Å². The average Bonchev–Trinajstić information content (AvgIpc) is 2.82. The Hall–Kier alpha value is -0.820. The highest BCUT2D eigenvalue weighted by Crippen LogP contribution is 2.25. The number of nitrogens with zero attached hydrogens (tertiary/aromatic N) is 1. The fourth-order valence-electron chi connectivity index (χ4n) is 1.58. The molecule has 1 unspecified atom stereocenters. The number of hydrazine groups is 1. The Morgan fingerprint density at radius 2 is 2.35 bits per heavy atom. The molecule has 0 bridgehead atoms. The third kappa shape index (κ3) is 3.10. The highest BCUT2D eigenvalue weighted by molar-refractivity contribution is 9.10. The molecule has 1 heterocycles. The first kappa shape index (κ1) is 12.6. The molecule has 0 spiro atoms. The van der Waals surface area contributed by atoms with E-state index in [1.54, 1.807) is 23.8 Å². The van der Waals surface area contributed by atoms with Crippen LogP contribution in [0.4, 0.5) is 4.39 Å². The van der Waals surface area contributed by atoms with Crippen LogP contribution >= 0.6 is 27.3 Å². The molecule has 3 nitrogen and oxygen atoms in total. The van der Waals surface area contributed by atoms with Crippen LogP contribution in [-0.4, -0.2) is 4.98 Å². The first-order chi connectivity index (χ1) is 8.20. The van der Waals surface area contributed by atoms with Gasteiger partial charge in [0.25, 0.3) is 0 Å². The Bertz CT molecular complexity index is 489. The molecule has 0 saturated carbocycles. The van der Waals surface area contributed by atoms with Crippen molar-refractivity contribution in [2.45, 2.75) is 12.5 Å². The second kappa shape index (κ2) is 5.68. The fourth-order valence-corrected chi connectivity index (χ4v) is 2.60. The van der Waals surface area contributed by atoms with Gasteiger partial charge in [0.2, 0.25) is 0 Å². The quantitative estimate of drug-likeness (QED) is 0.674. The van der Waals surface area contributed by atoms with Crippen LogP contribution < -0.4 is 11.3 Å². The zero-order valence-electron chi connectivity index (χ0n) is 8.86. The van der Waals surface area contributed by atoms with Crippen molar-refractivity contribution >= 4 is 27.3 Å². The minimum atomic E-state index is -0.263. The van der Waals surface area contributed by atoms with Gasteiger partial charge in [-0.15, -0.1) is 11.3 Å². The van der Waals surface area contributed by atoms with Gasteiger partial charge in [0.1, 0.15) is 5.82 Å². The summed E-state index contributed by atoms with van der Waals surface area (Å²) < 4.78 is 14.5. The summed E-state index contributed by atoms with van der Waals surface area (Å²) in [6.07, 6.45) is 2.39. The van der Waals surface area contributed by atoms with E-state index in [4.69, 9.17) is 5.84 Å². The Balaban J connectivity index is 2.25. The van der Waals surface area contributed by atoms with E-state index in [2.05, 4.69) is 26.3 Å². The van der Waals surface area contributed by atoms with Gasteiger partial charge < -0.3 is 0 Å². The van der Waals surface area contributed by atoms with E-state index in [-0.39, 0.29) is 11.9 Å². The summed E-state index contributed by atoms with van der Waals surface area (Å²) in [6.45, 7) is 0. The van der Waals surface area contributed by atoms with E-state index >= 15 is 0 Å². The van der Waals surface area contributed by atoms with E-state index in [1.165, 1.54) is 17.4 Å². The molecule has 2 rings (SSSR count). The topological polar surface area (TPSA) is 50.9 Å². The SMILES string of the molecule is NNC(Cc1cncs1)c1cc(Br)ccc1F. The van der Waals surface area contributed by atoms with Crippen LogP contribution in [0, 0.1) is 5.82 Å².